The lowest BCUT2D eigenvalue weighted by atomic mass is 10.1. The van der Waals surface area contributed by atoms with E-state index in [9.17, 15) is 0 Å². The maximum Gasteiger partial charge on any atom is 0.208 e. The van der Waals surface area contributed by atoms with E-state index in [4.69, 9.17) is 20.9 Å². The number of hydrogen-bond acceptors (Lipinski definition) is 5. The molecule has 0 aliphatic rings. The second-order valence-corrected chi connectivity index (χ2v) is 5.72. The molecule has 0 unspecified atom stereocenters. The first-order chi connectivity index (χ1) is 11.2. The molecule has 1 N–H and O–H groups in total. The summed E-state index contributed by atoms with van der Waals surface area (Å²) in [6.07, 6.45) is 0.906. The Morgan fingerprint density at radius 1 is 1.26 bits per heavy atom. The van der Waals surface area contributed by atoms with Crippen LogP contribution in [0.5, 0.6) is 0 Å². The number of fused-ring (bicyclic) bond motifs is 1. The summed E-state index contributed by atoms with van der Waals surface area (Å²) in [6.45, 7) is 3.38. The Morgan fingerprint density at radius 2 is 2.04 bits per heavy atom. The fraction of sp³-hybridized carbons (Fsp3) is 0.294. The molecule has 1 aromatic carbocycles. The van der Waals surface area contributed by atoms with Crippen molar-refractivity contribution in [3.63, 3.8) is 0 Å². The lowest BCUT2D eigenvalue weighted by Gasteiger charge is -2.09. The monoisotopic (exact) mass is 331 g/mol. The number of rotatable bonds is 6. The largest absolute Gasteiger partial charge is 0.385 e. The summed E-state index contributed by atoms with van der Waals surface area (Å²) in [5.41, 5.74) is 4.96. The molecule has 0 aliphatic heterocycles. The summed E-state index contributed by atoms with van der Waals surface area (Å²) in [5.74, 6) is 0. The van der Waals surface area contributed by atoms with Gasteiger partial charge in [0.2, 0.25) is 5.58 Å². The zero-order chi connectivity index (χ0) is 16.2. The van der Waals surface area contributed by atoms with E-state index in [1.165, 1.54) is 0 Å². The molecule has 0 fully saturated rings. The van der Waals surface area contributed by atoms with E-state index in [1.54, 1.807) is 7.11 Å². The molecule has 5 nitrogen and oxygen atoms in total. The predicted octanol–water partition coefficient (Wildman–Crippen LogP) is 4.30. The minimum atomic E-state index is 0.678. The van der Waals surface area contributed by atoms with Gasteiger partial charge in [-0.1, -0.05) is 28.9 Å². The van der Waals surface area contributed by atoms with Gasteiger partial charge in [0.25, 0.3) is 0 Å². The highest BCUT2D eigenvalue weighted by atomic mass is 35.5. The van der Waals surface area contributed by atoms with Crippen LogP contribution in [0.4, 0.5) is 5.69 Å². The molecule has 3 aromatic rings. The maximum atomic E-state index is 5.96. The van der Waals surface area contributed by atoms with Gasteiger partial charge in [-0.2, -0.15) is 0 Å². The summed E-state index contributed by atoms with van der Waals surface area (Å²) < 4.78 is 10.5. The second-order valence-electron chi connectivity index (χ2n) is 5.28. The van der Waals surface area contributed by atoms with Gasteiger partial charge in [-0.25, -0.2) is 4.98 Å². The number of halogens is 1. The topological polar surface area (TPSA) is 60.2 Å². The Kier molecular flexibility index (Phi) is 4.79. The molecule has 0 bridgehead atoms. The van der Waals surface area contributed by atoms with E-state index in [1.807, 2.05) is 37.3 Å². The van der Waals surface area contributed by atoms with Gasteiger partial charge < -0.3 is 14.6 Å². The number of methoxy groups -OCH3 is 1. The van der Waals surface area contributed by atoms with Crippen LogP contribution in [0.2, 0.25) is 5.02 Å². The average molecular weight is 332 g/mol. The Balaban J connectivity index is 1.98. The van der Waals surface area contributed by atoms with Crippen molar-refractivity contribution in [2.75, 3.05) is 25.6 Å². The highest BCUT2D eigenvalue weighted by Crippen LogP contribution is 2.30. The van der Waals surface area contributed by atoms with Gasteiger partial charge in [0, 0.05) is 30.8 Å². The lowest BCUT2D eigenvalue weighted by Crippen LogP contribution is -2.05. The van der Waals surface area contributed by atoms with Crippen molar-refractivity contribution in [1.82, 2.24) is 10.1 Å². The zero-order valence-corrected chi connectivity index (χ0v) is 13.9. The van der Waals surface area contributed by atoms with Gasteiger partial charge in [-0.3, -0.25) is 0 Å². The summed E-state index contributed by atoms with van der Waals surface area (Å²) in [6, 6.07) is 9.59. The van der Waals surface area contributed by atoms with Gasteiger partial charge >= 0.3 is 0 Å². The molecule has 6 heteroatoms. The van der Waals surface area contributed by atoms with Crippen LogP contribution >= 0.6 is 11.6 Å². The Bertz CT molecular complexity index is 799. The van der Waals surface area contributed by atoms with Crippen molar-refractivity contribution >= 4 is 28.4 Å². The van der Waals surface area contributed by atoms with Gasteiger partial charge in [-0.05, 0) is 31.5 Å². The second kappa shape index (κ2) is 6.98. The van der Waals surface area contributed by atoms with Crippen LogP contribution in [0.15, 0.2) is 34.9 Å². The molecular formula is C17H18ClN3O2. The van der Waals surface area contributed by atoms with E-state index >= 15 is 0 Å². The molecule has 0 atom stereocenters. The van der Waals surface area contributed by atoms with Crippen LogP contribution < -0.4 is 5.32 Å². The molecular weight excluding hydrogens is 314 g/mol. The van der Waals surface area contributed by atoms with E-state index < -0.39 is 0 Å². The third-order valence-corrected chi connectivity index (χ3v) is 3.82. The fourth-order valence-corrected chi connectivity index (χ4v) is 2.49. The Morgan fingerprint density at radius 3 is 2.78 bits per heavy atom. The number of aryl methyl sites for hydroxylation is 1. The first-order valence-corrected chi connectivity index (χ1v) is 7.82. The number of nitrogens with one attached hydrogen (secondary N) is 1. The van der Waals surface area contributed by atoms with Crippen LogP contribution in [0.25, 0.3) is 22.4 Å². The van der Waals surface area contributed by atoms with Crippen molar-refractivity contribution in [1.29, 1.82) is 0 Å². The summed E-state index contributed by atoms with van der Waals surface area (Å²) in [5, 5.41) is 8.11. The number of aromatic nitrogens is 2. The number of hydrogen-bond donors (Lipinski definition) is 1. The minimum Gasteiger partial charge on any atom is -0.385 e. The average Bonchev–Trinajstić information content (AvgIpc) is 2.94. The third kappa shape index (κ3) is 3.46. The van der Waals surface area contributed by atoms with Crippen LogP contribution in [0.1, 0.15) is 12.1 Å². The van der Waals surface area contributed by atoms with E-state index in [-0.39, 0.29) is 0 Å². The summed E-state index contributed by atoms with van der Waals surface area (Å²) in [7, 11) is 1.70. The standard InChI is InChI=1S/C17H18ClN3O2/c1-11-16-17(23-21-11)15(19-8-3-9-22-2)10-14(20-16)12-4-6-13(18)7-5-12/h4-7,10H,3,8-9H2,1-2H3,(H,19,20). The van der Waals surface area contributed by atoms with E-state index in [2.05, 4.69) is 15.5 Å². The SMILES string of the molecule is COCCCNc1cc(-c2ccc(Cl)cc2)nc2c(C)noc12. The summed E-state index contributed by atoms with van der Waals surface area (Å²) in [4.78, 5) is 4.68. The third-order valence-electron chi connectivity index (χ3n) is 3.57. The van der Waals surface area contributed by atoms with Crippen LogP contribution in [-0.4, -0.2) is 30.4 Å². The van der Waals surface area contributed by atoms with E-state index in [0.29, 0.717) is 17.2 Å². The maximum absolute atomic E-state index is 5.96. The molecule has 3 rings (SSSR count). The van der Waals surface area contributed by atoms with E-state index in [0.717, 1.165) is 41.1 Å². The quantitative estimate of drug-likeness (QED) is 0.682. The van der Waals surface area contributed by atoms with Crippen molar-refractivity contribution in [3.05, 3.63) is 41.0 Å². The smallest absolute Gasteiger partial charge is 0.208 e. The minimum absolute atomic E-state index is 0.678. The molecule has 0 radical (unpaired) electrons. The van der Waals surface area contributed by atoms with Gasteiger partial charge in [0.15, 0.2) is 0 Å². The number of anilines is 1. The normalized spacial score (nSPS) is 11.1. The number of nitrogens with zero attached hydrogens (tertiary/aromatic N) is 2. The van der Waals surface area contributed by atoms with Crippen molar-refractivity contribution in [2.24, 2.45) is 0 Å². The molecule has 0 saturated carbocycles. The fourth-order valence-electron chi connectivity index (χ4n) is 2.37. The van der Waals surface area contributed by atoms with Crippen molar-refractivity contribution in [2.45, 2.75) is 13.3 Å². The molecule has 120 valence electrons. The molecule has 0 saturated heterocycles. The van der Waals surface area contributed by atoms with Crippen LogP contribution in [0, 0.1) is 6.92 Å². The van der Waals surface area contributed by atoms with Crippen LogP contribution in [-0.2, 0) is 4.74 Å². The number of benzene rings is 1. The highest BCUT2D eigenvalue weighted by Gasteiger charge is 2.14. The molecule has 0 spiro atoms. The molecule has 0 aliphatic carbocycles. The van der Waals surface area contributed by atoms with Crippen molar-refractivity contribution in [3.8, 4) is 11.3 Å². The molecule has 23 heavy (non-hydrogen) atoms. The highest BCUT2D eigenvalue weighted by molar-refractivity contribution is 6.30. The molecule has 2 heterocycles. The summed E-state index contributed by atoms with van der Waals surface area (Å²) >= 11 is 5.96. The first kappa shape index (κ1) is 15.8. The van der Waals surface area contributed by atoms with Gasteiger partial charge in [0.1, 0.15) is 11.2 Å². The Hall–Kier alpha value is -2.11. The van der Waals surface area contributed by atoms with Crippen molar-refractivity contribution < 1.29 is 9.26 Å². The first-order valence-electron chi connectivity index (χ1n) is 7.45. The van der Waals surface area contributed by atoms with Crippen LogP contribution in [0.3, 0.4) is 0 Å². The molecule has 2 aromatic heterocycles. The predicted molar refractivity (Wildman–Crippen MR) is 92.0 cm³/mol. The van der Waals surface area contributed by atoms with Gasteiger partial charge in [0.05, 0.1) is 11.4 Å². The number of ether oxygens (including phenoxy) is 1. The van der Waals surface area contributed by atoms with Gasteiger partial charge in [-0.15, -0.1) is 0 Å². The zero-order valence-electron chi connectivity index (χ0n) is 13.1. The Labute approximate surface area is 139 Å². The number of pyridine rings is 1. The lowest BCUT2D eigenvalue weighted by molar-refractivity contribution is 0.198. The molecule has 0 amide bonds.